The van der Waals surface area contributed by atoms with Crippen LogP contribution in [0.1, 0.15) is 12.5 Å². The van der Waals surface area contributed by atoms with E-state index in [0.29, 0.717) is 11.3 Å². The molecule has 0 bridgehead atoms. The SMILES string of the molecule is CC(=O)Nc1ccc(SCc2cc(=O)oc3cc(O)ccc23)cc1. The average Bonchev–Trinajstić information content (AvgIpc) is 2.52. The molecule has 0 unspecified atom stereocenters. The summed E-state index contributed by atoms with van der Waals surface area (Å²) in [4.78, 5) is 23.7. The number of carbonyl (C=O) groups is 1. The molecule has 3 aromatic rings. The maximum absolute atomic E-state index is 11.7. The molecule has 1 heterocycles. The number of amides is 1. The van der Waals surface area contributed by atoms with E-state index in [-0.39, 0.29) is 11.7 Å². The molecule has 1 aromatic heterocycles. The predicted octanol–water partition coefficient (Wildman–Crippen LogP) is 3.75. The van der Waals surface area contributed by atoms with Crippen molar-refractivity contribution in [2.45, 2.75) is 17.6 Å². The van der Waals surface area contributed by atoms with E-state index in [0.717, 1.165) is 21.5 Å². The molecule has 0 radical (unpaired) electrons. The zero-order valence-electron chi connectivity index (χ0n) is 12.9. The molecule has 0 aliphatic heterocycles. The van der Waals surface area contributed by atoms with Crippen molar-refractivity contribution in [2.75, 3.05) is 5.32 Å². The molecule has 0 spiro atoms. The number of benzene rings is 2. The number of rotatable bonds is 4. The molecule has 1 amide bonds. The van der Waals surface area contributed by atoms with Gasteiger partial charge in [0.05, 0.1) is 0 Å². The lowest BCUT2D eigenvalue weighted by molar-refractivity contribution is -0.114. The number of fused-ring (bicyclic) bond motifs is 1. The summed E-state index contributed by atoms with van der Waals surface area (Å²) in [6, 6.07) is 13.7. The summed E-state index contributed by atoms with van der Waals surface area (Å²) < 4.78 is 5.12. The highest BCUT2D eigenvalue weighted by Gasteiger charge is 2.07. The number of phenols is 1. The lowest BCUT2D eigenvalue weighted by Gasteiger charge is -2.07. The normalized spacial score (nSPS) is 10.7. The Morgan fingerprint density at radius 2 is 1.92 bits per heavy atom. The molecule has 0 atom stereocenters. The Bertz CT molecular complexity index is 947. The lowest BCUT2D eigenvalue weighted by Crippen LogP contribution is -2.05. The van der Waals surface area contributed by atoms with Crippen LogP contribution in [0.3, 0.4) is 0 Å². The van der Waals surface area contributed by atoms with E-state index in [1.54, 1.807) is 23.9 Å². The topological polar surface area (TPSA) is 79.5 Å². The minimum atomic E-state index is -0.440. The van der Waals surface area contributed by atoms with Crippen LogP contribution >= 0.6 is 11.8 Å². The van der Waals surface area contributed by atoms with Gasteiger partial charge in [0.2, 0.25) is 5.91 Å². The smallest absolute Gasteiger partial charge is 0.336 e. The highest BCUT2D eigenvalue weighted by Crippen LogP contribution is 2.28. The number of nitrogens with one attached hydrogen (secondary N) is 1. The Morgan fingerprint density at radius 1 is 1.17 bits per heavy atom. The van der Waals surface area contributed by atoms with Crippen LogP contribution in [0.4, 0.5) is 5.69 Å². The number of anilines is 1. The third-order valence-electron chi connectivity index (χ3n) is 3.38. The quantitative estimate of drug-likeness (QED) is 0.558. The largest absolute Gasteiger partial charge is 0.508 e. The van der Waals surface area contributed by atoms with E-state index in [1.165, 1.54) is 19.1 Å². The number of aromatic hydroxyl groups is 1. The Labute approximate surface area is 142 Å². The van der Waals surface area contributed by atoms with Crippen LogP contribution in [0.2, 0.25) is 0 Å². The molecule has 2 aromatic carbocycles. The van der Waals surface area contributed by atoms with Gasteiger partial charge in [-0.15, -0.1) is 11.8 Å². The first-order chi connectivity index (χ1) is 11.5. The lowest BCUT2D eigenvalue weighted by atomic mass is 10.1. The van der Waals surface area contributed by atoms with E-state index in [1.807, 2.05) is 24.3 Å². The molecule has 24 heavy (non-hydrogen) atoms. The minimum Gasteiger partial charge on any atom is -0.508 e. The van der Waals surface area contributed by atoms with Gasteiger partial charge in [0.25, 0.3) is 0 Å². The molecule has 5 nitrogen and oxygen atoms in total. The molecular weight excluding hydrogens is 326 g/mol. The number of carbonyl (C=O) groups excluding carboxylic acids is 1. The summed E-state index contributed by atoms with van der Waals surface area (Å²) in [5.41, 5.74) is 1.52. The number of phenolic OH excluding ortho intramolecular Hbond substituents is 1. The van der Waals surface area contributed by atoms with Crippen molar-refractivity contribution in [3.63, 3.8) is 0 Å². The maximum atomic E-state index is 11.7. The van der Waals surface area contributed by atoms with Gasteiger partial charge in [-0.25, -0.2) is 4.79 Å². The zero-order valence-corrected chi connectivity index (χ0v) is 13.7. The van der Waals surface area contributed by atoms with Gasteiger partial charge in [-0.2, -0.15) is 0 Å². The molecule has 2 N–H and O–H groups in total. The van der Waals surface area contributed by atoms with Crippen molar-refractivity contribution in [2.24, 2.45) is 0 Å². The van der Waals surface area contributed by atoms with Crippen LogP contribution in [0.5, 0.6) is 5.75 Å². The fraction of sp³-hybridized carbons (Fsp3) is 0.111. The van der Waals surface area contributed by atoms with E-state index < -0.39 is 5.63 Å². The van der Waals surface area contributed by atoms with Gasteiger partial charge in [0.15, 0.2) is 0 Å². The molecule has 6 heteroatoms. The van der Waals surface area contributed by atoms with Gasteiger partial charge in [-0.3, -0.25) is 4.79 Å². The van der Waals surface area contributed by atoms with Crippen LogP contribution in [0.15, 0.2) is 62.6 Å². The monoisotopic (exact) mass is 341 g/mol. The van der Waals surface area contributed by atoms with Crippen molar-refractivity contribution in [3.05, 3.63) is 64.5 Å². The first kappa shape index (κ1) is 16.1. The summed E-state index contributed by atoms with van der Waals surface area (Å²) in [5.74, 6) is 0.539. The third-order valence-corrected chi connectivity index (χ3v) is 4.44. The van der Waals surface area contributed by atoms with Crippen molar-refractivity contribution in [1.82, 2.24) is 0 Å². The van der Waals surface area contributed by atoms with Gasteiger partial charge < -0.3 is 14.8 Å². The maximum Gasteiger partial charge on any atom is 0.336 e. The fourth-order valence-electron chi connectivity index (χ4n) is 2.34. The molecule has 3 rings (SSSR count). The van der Waals surface area contributed by atoms with Crippen molar-refractivity contribution >= 4 is 34.3 Å². The van der Waals surface area contributed by atoms with E-state index in [4.69, 9.17) is 4.42 Å². The third kappa shape index (κ3) is 3.78. The Kier molecular flexibility index (Phi) is 4.57. The molecule has 0 fully saturated rings. The minimum absolute atomic E-state index is 0.0593. The predicted molar refractivity (Wildman–Crippen MR) is 94.5 cm³/mol. The standard InChI is InChI=1S/C18H15NO4S/c1-11(20)19-13-2-5-15(6-3-13)24-10-12-8-18(22)23-17-9-14(21)4-7-16(12)17/h2-9,21H,10H2,1H3,(H,19,20). The number of thioether (sulfide) groups is 1. The van der Waals surface area contributed by atoms with E-state index in [9.17, 15) is 14.7 Å². The van der Waals surface area contributed by atoms with Crippen molar-refractivity contribution < 1.29 is 14.3 Å². The first-order valence-electron chi connectivity index (χ1n) is 7.27. The molecule has 122 valence electrons. The Hall–Kier alpha value is -2.73. The second kappa shape index (κ2) is 6.80. The van der Waals surface area contributed by atoms with Crippen LogP contribution < -0.4 is 10.9 Å². The Morgan fingerprint density at radius 3 is 2.62 bits per heavy atom. The van der Waals surface area contributed by atoms with Gasteiger partial charge in [-0.05, 0) is 42.0 Å². The first-order valence-corrected chi connectivity index (χ1v) is 8.26. The molecule has 0 saturated carbocycles. The van der Waals surface area contributed by atoms with E-state index >= 15 is 0 Å². The second-order valence-corrected chi connectivity index (χ2v) is 6.31. The summed E-state index contributed by atoms with van der Waals surface area (Å²) in [6.07, 6.45) is 0. The van der Waals surface area contributed by atoms with Crippen molar-refractivity contribution in [3.8, 4) is 5.75 Å². The zero-order chi connectivity index (χ0) is 17.1. The summed E-state index contributed by atoms with van der Waals surface area (Å²) in [7, 11) is 0. The van der Waals surface area contributed by atoms with Gasteiger partial charge in [0.1, 0.15) is 11.3 Å². The van der Waals surface area contributed by atoms with Gasteiger partial charge in [-0.1, -0.05) is 0 Å². The number of hydrogen-bond acceptors (Lipinski definition) is 5. The van der Waals surface area contributed by atoms with Crippen LogP contribution in [0, 0.1) is 0 Å². The molecule has 0 saturated heterocycles. The fourth-order valence-corrected chi connectivity index (χ4v) is 3.23. The van der Waals surface area contributed by atoms with Crippen LogP contribution in [0.25, 0.3) is 11.0 Å². The average molecular weight is 341 g/mol. The summed E-state index contributed by atoms with van der Waals surface area (Å²) in [5, 5.41) is 13.0. The second-order valence-electron chi connectivity index (χ2n) is 5.27. The van der Waals surface area contributed by atoms with Crippen LogP contribution in [-0.4, -0.2) is 11.0 Å². The Balaban J connectivity index is 1.80. The summed E-state index contributed by atoms with van der Waals surface area (Å²) >= 11 is 1.57. The van der Waals surface area contributed by atoms with Gasteiger partial charge in [0, 0.05) is 40.8 Å². The number of hydrogen-bond donors (Lipinski definition) is 2. The van der Waals surface area contributed by atoms with Crippen molar-refractivity contribution in [1.29, 1.82) is 0 Å². The highest BCUT2D eigenvalue weighted by molar-refractivity contribution is 7.98. The van der Waals surface area contributed by atoms with Crippen LogP contribution in [-0.2, 0) is 10.5 Å². The molecule has 0 aliphatic carbocycles. The summed E-state index contributed by atoms with van der Waals surface area (Å²) in [6.45, 7) is 1.46. The van der Waals surface area contributed by atoms with E-state index in [2.05, 4.69) is 5.32 Å². The van der Waals surface area contributed by atoms with Gasteiger partial charge >= 0.3 is 5.63 Å². The molecule has 0 aliphatic rings. The highest BCUT2D eigenvalue weighted by atomic mass is 32.2. The molecular formula is C18H15NO4S.